The third-order valence-corrected chi connectivity index (χ3v) is 15.3. The molecule has 0 saturated heterocycles. The molecule has 0 radical (unpaired) electrons. The van der Waals surface area contributed by atoms with Crippen LogP contribution in [0.25, 0.3) is 50.6 Å². The van der Waals surface area contributed by atoms with Crippen LogP contribution in [0, 0.1) is 25.5 Å². The van der Waals surface area contributed by atoms with Crippen LogP contribution in [0.1, 0.15) is 16.7 Å². The van der Waals surface area contributed by atoms with Crippen LogP contribution >= 0.6 is 23.2 Å². The maximum absolute atomic E-state index is 13.9. The van der Waals surface area contributed by atoms with Gasteiger partial charge in [-0.05, 0) is 116 Å². The van der Waals surface area contributed by atoms with Gasteiger partial charge < -0.3 is 0 Å². The van der Waals surface area contributed by atoms with Crippen LogP contribution in [0.3, 0.4) is 0 Å². The van der Waals surface area contributed by atoms with Gasteiger partial charge in [0.15, 0.2) is 8.07 Å². The van der Waals surface area contributed by atoms with Gasteiger partial charge in [0.2, 0.25) is 0 Å². The van der Waals surface area contributed by atoms with Gasteiger partial charge in [-0.15, -0.1) is 0 Å². The van der Waals surface area contributed by atoms with Crippen LogP contribution in [0.5, 0.6) is 0 Å². The van der Waals surface area contributed by atoms with Crippen LogP contribution in [0.15, 0.2) is 127 Å². The Bertz CT molecular complexity index is 2170. The number of hydrogen-bond acceptors (Lipinski definition) is 0. The molecule has 228 valence electrons. The van der Waals surface area contributed by atoms with Crippen LogP contribution in [-0.4, -0.2) is 8.07 Å². The maximum atomic E-state index is 13.9. The summed E-state index contributed by atoms with van der Waals surface area (Å²) < 4.78 is 27.7. The molecule has 0 spiro atoms. The predicted molar refractivity (Wildman–Crippen MR) is 197 cm³/mol. The molecule has 0 unspecified atom stereocenters. The second kappa shape index (κ2) is 11.3. The lowest BCUT2D eigenvalue weighted by Crippen LogP contribution is -2.65. The Balaban J connectivity index is 1.38. The molecule has 0 nitrogen and oxygen atoms in total. The Labute approximate surface area is 284 Å². The molecular formula is C42H28Cl2F2Si. The molecule has 0 saturated carbocycles. The van der Waals surface area contributed by atoms with Crippen molar-refractivity contribution in [2.75, 3.05) is 0 Å². The summed E-state index contributed by atoms with van der Waals surface area (Å²) in [4.78, 5) is 0. The third kappa shape index (κ3) is 4.60. The van der Waals surface area contributed by atoms with Gasteiger partial charge in [-0.25, -0.2) is 8.78 Å². The molecule has 3 aromatic carbocycles. The molecule has 0 amide bonds. The van der Waals surface area contributed by atoms with E-state index in [0.29, 0.717) is 10.0 Å². The van der Waals surface area contributed by atoms with Gasteiger partial charge in [-0.2, -0.15) is 0 Å². The van der Waals surface area contributed by atoms with E-state index >= 15 is 0 Å². The van der Waals surface area contributed by atoms with Crippen molar-refractivity contribution >= 4 is 52.9 Å². The van der Waals surface area contributed by atoms with E-state index in [-0.39, 0.29) is 11.6 Å². The lowest BCUT2D eigenvalue weighted by atomic mass is 10.0. The van der Waals surface area contributed by atoms with Crippen molar-refractivity contribution in [1.82, 2.24) is 0 Å². The molecule has 8 rings (SSSR count). The van der Waals surface area contributed by atoms with Crippen molar-refractivity contribution in [1.29, 1.82) is 0 Å². The monoisotopic (exact) mass is 668 g/mol. The molecule has 47 heavy (non-hydrogen) atoms. The SMILES string of the molecule is Cc1cc2c(Cl)c([Si]3(c4cccc5c(-c6ccc(F)cc6)c(C)cc-5c4Cl)C=Cc4ccccc43)cccc-2c1-c1ccc(F)cc1. The predicted octanol–water partition coefficient (Wildman–Crippen LogP) is 10.5. The topological polar surface area (TPSA) is 0 Å². The van der Waals surface area contributed by atoms with Crippen LogP contribution in [-0.2, 0) is 0 Å². The maximum Gasteiger partial charge on any atom is 0.176 e. The minimum Gasteiger partial charge on any atom is -0.207 e. The van der Waals surface area contributed by atoms with Crippen molar-refractivity contribution in [3.05, 3.63) is 165 Å². The fraction of sp³-hybridized carbons (Fsp3) is 0.0476. The highest BCUT2D eigenvalue weighted by atomic mass is 35.5. The number of hydrogen-bond donors (Lipinski definition) is 0. The Morgan fingerprint density at radius 1 is 0.489 bits per heavy atom. The van der Waals surface area contributed by atoms with Gasteiger partial charge in [0.25, 0.3) is 0 Å². The Morgan fingerprint density at radius 2 is 0.936 bits per heavy atom. The van der Waals surface area contributed by atoms with Crippen LogP contribution in [0.4, 0.5) is 8.78 Å². The molecule has 0 bridgehead atoms. The summed E-state index contributed by atoms with van der Waals surface area (Å²) in [7, 11) is -2.97. The zero-order valence-corrected chi connectivity index (χ0v) is 28.2. The highest BCUT2D eigenvalue weighted by Crippen LogP contribution is 2.44. The van der Waals surface area contributed by atoms with E-state index in [1.165, 1.54) is 29.5 Å². The highest BCUT2D eigenvalue weighted by molar-refractivity contribution is 7.17. The molecular weight excluding hydrogens is 641 g/mol. The average Bonchev–Trinajstić information content (AvgIpc) is 3.65. The van der Waals surface area contributed by atoms with Crippen LogP contribution in [0.2, 0.25) is 10.0 Å². The molecule has 5 heteroatoms. The first-order chi connectivity index (χ1) is 22.8. The summed E-state index contributed by atoms with van der Waals surface area (Å²) in [5.41, 5.74) is 13.6. The molecule has 0 atom stereocenters. The zero-order chi connectivity index (χ0) is 32.4. The average molecular weight is 670 g/mol. The minimum absolute atomic E-state index is 0.264. The summed E-state index contributed by atoms with van der Waals surface area (Å²) in [5, 5.41) is 4.72. The molecule has 1 aliphatic heterocycles. The smallest absolute Gasteiger partial charge is 0.176 e. The Morgan fingerprint density at radius 3 is 1.43 bits per heavy atom. The van der Waals surface area contributed by atoms with Gasteiger partial charge in [0.1, 0.15) is 11.6 Å². The van der Waals surface area contributed by atoms with E-state index in [1.807, 2.05) is 24.3 Å². The molecule has 1 heterocycles. The van der Waals surface area contributed by atoms with Crippen molar-refractivity contribution in [3.8, 4) is 44.5 Å². The fourth-order valence-corrected chi connectivity index (χ4v) is 13.4. The van der Waals surface area contributed by atoms with Gasteiger partial charge in [-0.1, -0.05) is 120 Å². The number of rotatable bonds is 4. The second-order valence-electron chi connectivity index (χ2n) is 12.3. The molecule has 0 N–H and O–H groups in total. The van der Waals surface area contributed by atoms with E-state index < -0.39 is 8.07 Å². The molecule has 3 aromatic rings. The van der Waals surface area contributed by atoms with E-state index in [0.717, 1.165) is 71.6 Å². The zero-order valence-electron chi connectivity index (χ0n) is 25.7. The van der Waals surface area contributed by atoms with E-state index in [9.17, 15) is 8.78 Å². The van der Waals surface area contributed by atoms with Gasteiger partial charge in [-0.3, -0.25) is 0 Å². The summed E-state index contributed by atoms with van der Waals surface area (Å²) in [6.45, 7) is 4.15. The number of fused-ring (bicyclic) bond motifs is 3. The van der Waals surface area contributed by atoms with E-state index in [1.54, 1.807) is 0 Å². The van der Waals surface area contributed by atoms with E-state index in [4.69, 9.17) is 23.2 Å². The van der Waals surface area contributed by atoms with Crippen molar-refractivity contribution in [3.63, 3.8) is 0 Å². The fourth-order valence-electron chi connectivity index (χ4n) is 7.58. The first-order valence-corrected chi connectivity index (χ1v) is 18.4. The van der Waals surface area contributed by atoms with Crippen molar-refractivity contribution in [2.24, 2.45) is 0 Å². The van der Waals surface area contributed by atoms with Crippen molar-refractivity contribution < 1.29 is 8.78 Å². The normalized spacial score (nSPS) is 13.4. The largest absolute Gasteiger partial charge is 0.207 e. The number of aryl methyl sites for hydroxylation is 2. The first kappa shape index (κ1) is 29.8. The lowest BCUT2D eigenvalue weighted by molar-refractivity contribution is 0.627. The summed E-state index contributed by atoms with van der Waals surface area (Å²) >= 11 is 15.2. The summed E-state index contributed by atoms with van der Waals surface area (Å²) in [6, 6.07) is 38.8. The highest BCUT2D eigenvalue weighted by Gasteiger charge is 2.45. The Kier molecular flexibility index (Phi) is 7.18. The molecule has 5 aliphatic rings. The lowest BCUT2D eigenvalue weighted by Gasteiger charge is -2.29. The molecule has 4 aliphatic carbocycles. The molecule has 0 aromatic heterocycles. The summed E-state index contributed by atoms with van der Waals surface area (Å²) in [5.74, 6) is -0.529. The van der Waals surface area contributed by atoms with Gasteiger partial charge in [0.05, 0.1) is 0 Å². The quantitative estimate of drug-likeness (QED) is 0.164. The number of halogens is 4. The summed E-state index contributed by atoms with van der Waals surface area (Å²) in [6.07, 6.45) is 2.21. The minimum atomic E-state index is -2.97. The Hall–Kier alpha value is -4.54. The molecule has 0 fully saturated rings. The second-order valence-corrected chi connectivity index (χ2v) is 16.6. The van der Waals surface area contributed by atoms with E-state index in [2.05, 4.69) is 98.4 Å². The standard InChI is InChI=1S/C42H28Cl2F2Si/c1-25-23-34-32(39(25)28-13-17-30(45)18-14-28)8-5-11-37(41(34)43)47(22-21-27-7-3-4-10-36(27)47)38-12-6-9-33-35(42(38)44)24-26(2)40(33)29-15-19-31(46)20-16-29/h3-24H,1-2H3. The first-order valence-electron chi connectivity index (χ1n) is 15.5. The van der Waals surface area contributed by atoms with Crippen molar-refractivity contribution in [2.45, 2.75) is 13.8 Å². The van der Waals surface area contributed by atoms with Gasteiger partial charge in [0, 0.05) is 21.2 Å². The third-order valence-electron chi connectivity index (χ3n) is 9.64. The van der Waals surface area contributed by atoms with Gasteiger partial charge >= 0.3 is 0 Å². The number of benzene rings is 3. The van der Waals surface area contributed by atoms with Crippen LogP contribution < -0.4 is 15.6 Å².